The molecular formula is C16H32N2. The van der Waals surface area contributed by atoms with Crippen LogP contribution in [-0.2, 0) is 0 Å². The van der Waals surface area contributed by atoms with Crippen LogP contribution in [0.15, 0.2) is 5.10 Å². The second-order valence-electron chi connectivity index (χ2n) is 6.72. The standard InChI is InChI=1S/C16H32N2/c1-16(2,3)18-17-15-13-11-9-7-5-4-6-8-10-12-14-15/h18H,4-14H2,1-3H3. The molecule has 0 bridgehead atoms. The topological polar surface area (TPSA) is 24.4 Å². The minimum Gasteiger partial charge on any atom is -0.305 e. The van der Waals surface area contributed by atoms with Crippen LogP contribution in [0.5, 0.6) is 0 Å². The van der Waals surface area contributed by atoms with Gasteiger partial charge < -0.3 is 5.43 Å². The zero-order valence-electron chi connectivity index (χ0n) is 12.7. The van der Waals surface area contributed by atoms with Crippen LogP contribution >= 0.6 is 0 Å². The fraction of sp³-hybridized carbons (Fsp3) is 0.938. The Morgan fingerprint density at radius 2 is 1.11 bits per heavy atom. The second-order valence-corrected chi connectivity index (χ2v) is 6.72. The number of rotatable bonds is 1. The van der Waals surface area contributed by atoms with E-state index in [0.29, 0.717) is 0 Å². The lowest BCUT2D eigenvalue weighted by molar-refractivity contribution is 0.438. The number of nitrogens with zero attached hydrogens (tertiary/aromatic N) is 1. The van der Waals surface area contributed by atoms with Gasteiger partial charge >= 0.3 is 0 Å². The summed E-state index contributed by atoms with van der Waals surface area (Å²) in [6.45, 7) is 6.52. The normalized spacial score (nSPS) is 20.7. The first-order valence-electron chi connectivity index (χ1n) is 7.90. The van der Waals surface area contributed by atoms with E-state index in [2.05, 4.69) is 31.3 Å². The van der Waals surface area contributed by atoms with Gasteiger partial charge in [-0.15, -0.1) is 0 Å². The Morgan fingerprint density at radius 1 is 0.722 bits per heavy atom. The molecule has 18 heavy (non-hydrogen) atoms. The lowest BCUT2D eigenvalue weighted by atomic mass is 10.00. The summed E-state index contributed by atoms with van der Waals surface area (Å²) in [6, 6.07) is 0. The van der Waals surface area contributed by atoms with E-state index in [0.717, 1.165) is 0 Å². The van der Waals surface area contributed by atoms with Crippen LogP contribution in [0.25, 0.3) is 0 Å². The highest BCUT2D eigenvalue weighted by atomic mass is 15.3. The molecule has 0 saturated heterocycles. The highest BCUT2D eigenvalue weighted by Gasteiger charge is 2.08. The predicted octanol–water partition coefficient (Wildman–Crippen LogP) is 5.04. The highest BCUT2D eigenvalue weighted by Crippen LogP contribution is 2.15. The van der Waals surface area contributed by atoms with Crippen molar-refractivity contribution in [3.8, 4) is 0 Å². The summed E-state index contributed by atoms with van der Waals surface area (Å²) < 4.78 is 0. The molecule has 0 radical (unpaired) electrons. The number of hydrazone groups is 1. The smallest absolute Gasteiger partial charge is 0.0464 e. The van der Waals surface area contributed by atoms with Gasteiger partial charge in [-0.3, -0.25) is 0 Å². The van der Waals surface area contributed by atoms with Crippen molar-refractivity contribution < 1.29 is 0 Å². The molecule has 106 valence electrons. The second kappa shape index (κ2) is 8.55. The van der Waals surface area contributed by atoms with Crippen molar-refractivity contribution in [3.63, 3.8) is 0 Å². The SMILES string of the molecule is CC(C)(C)NN=C1CCCCCCCCCCC1. The lowest BCUT2D eigenvalue weighted by Gasteiger charge is -2.19. The van der Waals surface area contributed by atoms with Gasteiger partial charge in [0.1, 0.15) is 0 Å². The fourth-order valence-corrected chi connectivity index (χ4v) is 2.38. The summed E-state index contributed by atoms with van der Waals surface area (Å²) in [7, 11) is 0. The van der Waals surface area contributed by atoms with Crippen molar-refractivity contribution in [3.05, 3.63) is 0 Å². The van der Waals surface area contributed by atoms with Crippen molar-refractivity contribution in [2.24, 2.45) is 5.10 Å². The number of hydrogen-bond donors (Lipinski definition) is 1. The van der Waals surface area contributed by atoms with Crippen molar-refractivity contribution in [1.82, 2.24) is 5.43 Å². The van der Waals surface area contributed by atoms with Crippen molar-refractivity contribution in [1.29, 1.82) is 0 Å². The van der Waals surface area contributed by atoms with E-state index < -0.39 is 0 Å². The van der Waals surface area contributed by atoms with Crippen LogP contribution in [0.2, 0.25) is 0 Å². The Kier molecular flexibility index (Phi) is 7.38. The van der Waals surface area contributed by atoms with E-state index in [9.17, 15) is 0 Å². The Morgan fingerprint density at radius 3 is 1.50 bits per heavy atom. The molecule has 2 nitrogen and oxygen atoms in total. The molecule has 0 aromatic rings. The van der Waals surface area contributed by atoms with Crippen molar-refractivity contribution in [2.75, 3.05) is 0 Å². The molecule has 1 fully saturated rings. The first kappa shape index (κ1) is 15.5. The van der Waals surface area contributed by atoms with E-state index in [-0.39, 0.29) is 5.54 Å². The third-order valence-corrected chi connectivity index (χ3v) is 3.48. The van der Waals surface area contributed by atoms with Crippen molar-refractivity contribution in [2.45, 2.75) is 96.9 Å². The third kappa shape index (κ3) is 8.54. The number of hydrogen-bond acceptors (Lipinski definition) is 2. The molecule has 0 atom stereocenters. The molecule has 1 aliphatic carbocycles. The van der Waals surface area contributed by atoms with Crippen molar-refractivity contribution >= 4 is 5.71 Å². The Labute approximate surface area is 114 Å². The Hall–Kier alpha value is -0.530. The van der Waals surface area contributed by atoms with Gasteiger partial charge in [0.2, 0.25) is 0 Å². The molecule has 1 N–H and O–H groups in total. The van der Waals surface area contributed by atoms with Crippen LogP contribution in [0.3, 0.4) is 0 Å². The molecule has 0 aromatic heterocycles. The van der Waals surface area contributed by atoms with Crippen LogP contribution in [0, 0.1) is 0 Å². The van der Waals surface area contributed by atoms with Gasteiger partial charge in [0.15, 0.2) is 0 Å². The molecule has 1 saturated carbocycles. The van der Waals surface area contributed by atoms with E-state index in [1.165, 1.54) is 76.3 Å². The maximum Gasteiger partial charge on any atom is 0.0464 e. The average Bonchev–Trinajstić information content (AvgIpc) is 2.27. The molecular weight excluding hydrogens is 220 g/mol. The van der Waals surface area contributed by atoms with Gasteiger partial charge in [0.25, 0.3) is 0 Å². The van der Waals surface area contributed by atoms with Gasteiger partial charge in [-0.05, 0) is 46.5 Å². The molecule has 2 heteroatoms. The molecule has 0 amide bonds. The van der Waals surface area contributed by atoms with Crippen LogP contribution < -0.4 is 5.43 Å². The molecule has 0 spiro atoms. The van der Waals surface area contributed by atoms with E-state index in [1.807, 2.05) is 0 Å². The van der Waals surface area contributed by atoms with E-state index in [4.69, 9.17) is 0 Å². The summed E-state index contributed by atoms with van der Waals surface area (Å²) in [5.41, 5.74) is 4.78. The summed E-state index contributed by atoms with van der Waals surface area (Å²) >= 11 is 0. The average molecular weight is 252 g/mol. The summed E-state index contributed by atoms with van der Waals surface area (Å²) in [6.07, 6.45) is 15.0. The lowest BCUT2D eigenvalue weighted by Crippen LogP contribution is -2.32. The first-order valence-corrected chi connectivity index (χ1v) is 7.90. The molecule has 1 rings (SSSR count). The molecule has 0 heterocycles. The first-order chi connectivity index (χ1) is 8.58. The number of nitrogens with one attached hydrogen (secondary N) is 1. The van der Waals surface area contributed by atoms with Gasteiger partial charge in [0, 0.05) is 11.3 Å². The van der Waals surface area contributed by atoms with Gasteiger partial charge in [-0.1, -0.05) is 44.9 Å². The van der Waals surface area contributed by atoms with E-state index >= 15 is 0 Å². The molecule has 1 aliphatic rings. The van der Waals surface area contributed by atoms with Crippen LogP contribution in [0.4, 0.5) is 0 Å². The Balaban J connectivity index is 2.40. The monoisotopic (exact) mass is 252 g/mol. The predicted molar refractivity (Wildman–Crippen MR) is 81.1 cm³/mol. The largest absolute Gasteiger partial charge is 0.305 e. The summed E-state index contributed by atoms with van der Waals surface area (Å²) in [4.78, 5) is 0. The fourth-order valence-electron chi connectivity index (χ4n) is 2.38. The third-order valence-electron chi connectivity index (χ3n) is 3.48. The van der Waals surface area contributed by atoms with Gasteiger partial charge in [-0.25, -0.2) is 0 Å². The minimum absolute atomic E-state index is 0.0939. The highest BCUT2D eigenvalue weighted by molar-refractivity contribution is 5.84. The van der Waals surface area contributed by atoms with Crippen LogP contribution in [-0.4, -0.2) is 11.3 Å². The summed E-state index contributed by atoms with van der Waals surface area (Å²) in [5, 5.41) is 4.65. The maximum absolute atomic E-state index is 4.65. The molecule has 0 unspecified atom stereocenters. The van der Waals surface area contributed by atoms with Gasteiger partial charge in [0.05, 0.1) is 0 Å². The maximum atomic E-state index is 4.65. The van der Waals surface area contributed by atoms with Crippen LogP contribution in [0.1, 0.15) is 91.4 Å². The quantitative estimate of drug-likeness (QED) is 0.650. The molecule has 0 aromatic carbocycles. The van der Waals surface area contributed by atoms with Gasteiger partial charge in [-0.2, -0.15) is 5.10 Å². The Bertz CT molecular complexity index is 224. The minimum atomic E-state index is 0.0939. The molecule has 0 aliphatic heterocycles. The zero-order chi connectivity index (χ0) is 13.3. The summed E-state index contributed by atoms with van der Waals surface area (Å²) in [5.74, 6) is 0. The zero-order valence-corrected chi connectivity index (χ0v) is 12.7. The van der Waals surface area contributed by atoms with E-state index in [1.54, 1.807) is 0 Å².